The number of aldehydes is 1. The van der Waals surface area contributed by atoms with E-state index < -0.39 is 11.8 Å². The maximum absolute atomic E-state index is 12.2. The SMILES string of the molecule is O=CCc1ccc2c(c1)oc(=O)n2C/C=C/c1ccc(-c2ccccc2)c(NC(=O)O)c1. The van der Waals surface area contributed by atoms with Crippen molar-refractivity contribution in [3.8, 4) is 11.1 Å². The topological polar surface area (TPSA) is 102 Å². The van der Waals surface area contributed by atoms with Gasteiger partial charge in [-0.05, 0) is 34.9 Å². The van der Waals surface area contributed by atoms with E-state index in [0.29, 0.717) is 16.8 Å². The van der Waals surface area contributed by atoms with Gasteiger partial charge in [-0.1, -0.05) is 60.7 Å². The van der Waals surface area contributed by atoms with Gasteiger partial charge in [0.2, 0.25) is 0 Å². The van der Waals surface area contributed by atoms with Crippen LogP contribution in [0.2, 0.25) is 0 Å². The van der Waals surface area contributed by atoms with Gasteiger partial charge in [0.05, 0.1) is 11.2 Å². The number of anilines is 1. The minimum Gasteiger partial charge on any atom is -0.465 e. The molecule has 3 aromatic carbocycles. The fourth-order valence-corrected chi connectivity index (χ4v) is 3.55. The van der Waals surface area contributed by atoms with Crippen LogP contribution in [-0.2, 0) is 17.8 Å². The van der Waals surface area contributed by atoms with Crippen molar-refractivity contribution >= 4 is 35.2 Å². The standard InChI is InChI=1S/C25H20N2O5/c28-14-12-18-9-11-22-23(16-18)32-25(31)27(22)13-4-5-17-8-10-20(19-6-2-1-3-7-19)21(15-17)26-24(29)30/h1-11,14-16,26H,12-13H2,(H,29,30)/b5-4+. The van der Waals surface area contributed by atoms with E-state index in [0.717, 1.165) is 28.5 Å². The van der Waals surface area contributed by atoms with Gasteiger partial charge < -0.3 is 14.3 Å². The van der Waals surface area contributed by atoms with Gasteiger partial charge in [-0.15, -0.1) is 0 Å². The molecule has 0 atom stereocenters. The quantitative estimate of drug-likeness (QED) is 0.412. The van der Waals surface area contributed by atoms with Gasteiger partial charge in [0.25, 0.3) is 0 Å². The van der Waals surface area contributed by atoms with E-state index in [2.05, 4.69) is 5.32 Å². The normalized spacial score (nSPS) is 11.1. The summed E-state index contributed by atoms with van der Waals surface area (Å²) in [7, 11) is 0. The molecule has 2 N–H and O–H groups in total. The number of carbonyl (C=O) groups is 2. The molecule has 7 nitrogen and oxygen atoms in total. The summed E-state index contributed by atoms with van der Waals surface area (Å²) in [6.45, 7) is 0.279. The van der Waals surface area contributed by atoms with Crippen LogP contribution in [0.25, 0.3) is 28.3 Å². The molecule has 0 aliphatic rings. The second-order valence-corrected chi connectivity index (χ2v) is 7.16. The Labute approximate surface area is 183 Å². The smallest absolute Gasteiger partial charge is 0.420 e. The second-order valence-electron chi connectivity index (χ2n) is 7.16. The number of oxazole rings is 1. The van der Waals surface area contributed by atoms with Crippen LogP contribution < -0.4 is 11.1 Å². The van der Waals surface area contributed by atoms with Crippen LogP contribution in [0.4, 0.5) is 10.5 Å². The van der Waals surface area contributed by atoms with E-state index in [1.165, 1.54) is 4.57 Å². The van der Waals surface area contributed by atoms with Gasteiger partial charge >= 0.3 is 11.8 Å². The number of nitrogens with zero attached hydrogens (tertiary/aromatic N) is 1. The molecule has 0 spiro atoms. The Morgan fingerprint density at radius 2 is 1.88 bits per heavy atom. The molecule has 0 saturated heterocycles. The number of benzene rings is 3. The van der Waals surface area contributed by atoms with Crippen molar-refractivity contribution in [1.29, 1.82) is 0 Å². The van der Waals surface area contributed by atoms with Crippen molar-refractivity contribution in [1.82, 2.24) is 4.57 Å². The van der Waals surface area contributed by atoms with Gasteiger partial charge in [-0.3, -0.25) is 9.88 Å². The number of rotatable bonds is 7. The summed E-state index contributed by atoms with van der Waals surface area (Å²) < 4.78 is 6.79. The Kier molecular flexibility index (Phi) is 5.98. The van der Waals surface area contributed by atoms with Crippen LogP contribution in [0.3, 0.4) is 0 Å². The number of aromatic nitrogens is 1. The molecule has 1 heterocycles. The highest BCUT2D eigenvalue weighted by molar-refractivity contribution is 5.91. The van der Waals surface area contributed by atoms with E-state index in [4.69, 9.17) is 4.42 Å². The molecule has 0 unspecified atom stereocenters. The lowest BCUT2D eigenvalue weighted by Crippen LogP contribution is -2.12. The molecule has 1 aromatic heterocycles. The van der Waals surface area contributed by atoms with Gasteiger partial charge in [0.15, 0.2) is 5.58 Å². The number of hydrogen-bond acceptors (Lipinski definition) is 4. The number of nitrogens with one attached hydrogen (secondary N) is 1. The summed E-state index contributed by atoms with van der Waals surface area (Å²) in [6, 6.07) is 20.2. The van der Waals surface area contributed by atoms with Crippen molar-refractivity contribution in [2.75, 3.05) is 5.32 Å². The Bertz CT molecular complexity index is 1370. The molecule has 32 heavy (non-hydrogen) atoms. The molecule has 0 aliphatic carbocycles. The molecule has 7 heteroatoms. The maximum Gasteiger partial charge on any atom is 0.420 e. The number of allylic oxidation sites excluding steroid dienone is 1. The highest BCUT2D eigenvalue weighted by Gasteiger charge is 2.10. The van der Waals surface area contributed by atoms with Gasteiger partial charge in [-0.2, -0.15) is 0 Å². The van der Waals surface area contributed by atoms with Crippen LogP contribution >= 0.6 is 0 Å². The Balaban J connectivity index is 1.60. The average Bonchev–Trinajstić information content (AvgIpc) is 3.09. The molecule has 4 rings (SSSR count). The summed E-state index contributed by atoms with van der Waals surface area (Å²) in [5.41, 5.74) is 4.78. The summed E-state index contributed by atoms with van der Waals surface area (Å²) in [6.07, 6.45) is 3.53. The Hall–Kier alpha value is -4.39. The van der Waals surface area contributed by atoms with Crippen molar-refractivity contribution in [2.45, 2.75) is 13.0 Å². The molecular weight excluding hydrogens is 408 g/mol. The fourth-order valence-electron chi connectivity index (χ4n) is 3.55. The number of carboxylic acid groups (broad SMARTS) is 1. The minimum atomic E-state index is -1.14. The zero-order chi connectivity index (χ0) is 22.5. The van der Waals surface area contributed by atoms with Gasteiger partial charge in [-0.25, -0.2) is 9.59 Å². The Morgan fingerprint density at radius 1 is 1.06 bits per heavy atom. The predicted molar refractivity (Wildman–Crippen MR) is 123 cm³/mol. The zero-order valence-electron chi connectivity index (χ0n) is 17.0. The van der Waals surface area contributed by atoms with Crippen molar-refractivity contribution in [3.05, 3.63) is 94.5 Å². The van der Waals surface area contributed by atoms with E-state index in [9.17, 15) is 19.5 Å². The second kappa shape index (κ2) is 9.18. The summed E-state index contributed by atoms with van der Waals surface area (Å²) in [4.78, 5) is 34.2. The molecule has 0 radical (unpaired) electrons. The fraction of sp³-hybridized carbons (Fsp3) is 0.0800. The van der Waals surface area contributed by atoms with Gasteiger partial charge in [0, 0.05) is 18.5 Å². The van der Waals surface area contributed by atoms with E-state index in [1.54, 1.807) is 30.3 Å². The molecular formula is C25H20N2O5. The average molecular weight is 428 g/mol. The lowest BCUT2D eigenvalue weighted by molar-refractivity contribution is -0.107. The summed E-state index contributed by atoms with van der Waals surface area (Å²) >= 11 is 0. The summed E-state index contributed by atoms with van der Waals surface area (Å²) in [5, 5.41) is 11.7. The number of amides is 1. The van der Waals surface area contributed by atoms with Crippen LogP contribution in [0.15, 0.2) is 82.0 Å². The predicted octanol–water partition coefficient (Wildman–Crippen LogP) is 4.81. The van der Waals surface area contributed by atoms with E-state index >= 15 is 0 Å². The maximum atomic E-state index is 12.2. The molecule has 0 fully saturated rings. The first kappa shape index (κ1) is 20.9. The first-order valence-electron chi connectivity index (χ1n) is 9.97. The molecule has 0 saturated carbocycles. The first-order chi connectivity index (χ1) is 15.5. The largest absolute Gasteiger partial charge is 0.465 e. The highest BCUT2D eigenvalue weighted by atomic mass is 16.4. The third-order valence-corrected chi connectivity index (χ3v) is 5.02. The van der Waals surface area contributed by atoms with Crippen LogP contribution in [0.5, 0.6) is 0 Å². The molecule has 0 bridgehead atoms. The first-order valence-corrected chi connectivity index (χ1v) is 9.97. The third kappa shape index (κ3) is 4.52. The van der Waals surface area contributed by atoms with Crippen molar-refractivity contribution in [3.63, 3.8) is 0 Å². The highest BCUT2D eigenvalue weighted by Crippen LogP contribution is 2.29. The molecule has 160 valence electrons. The van der Waals surface area contributed by atoms with Crippen molar-refractivity contribution < 1.29 is 19.1 Å². The van der Waals surface area contributed by atoms with E-state index in [1.807, 2.05) is 48.5 Å². The number of carbonyl (C=O) groups excluding carboxylic acids is 1. The lowest BCUT2D eigenvalue weighted by atomic mass is 10.0. The third-order valence-electron chi connectivity index (χ3n) is 5.02. The summed E-state index contributed by atoms with van der Waals surface area (Å²) in [5.74, 6) is -0.486. The zero-order valence-corrected chi connectivity index (χ0v) is 17.0. The Morgan fingerprint density at radius 3 is 2.62 bits per heavy atom. The molecule has 4 aromatic rings. The number of hydrogen-bond donors (Lipinski definition) is 2. The van der Waals surface area contributed by atoms with Crippen LogP contribution in [0, 0.1) is 0 Å². The minimum absolute atomic E-state index is 0.260. The molecule has 0 aliphatic heterocycles. The monoisotopic (exact) mass is 428 g/mol. The van der Waals surface area contributed by atoms with E-state index in [-0.39, 0.29) is 13.0 Å². The lowest BCUT2D eigenvalue weighted by Gasteiger charge is -2.10. The van der Waals surface area contributed by atoms with Crippen LogP contribution in [0.1, 0.15) is 11.1 Å². The van der Waals surface area contributed by atoms with Crippen molar-refractivity contribution in [2.24, 2.45) is 0 Å². The van der Waals surface area contributed by atoms with Crippen LogP contribution in [-0.4, -0.2) is 22.1 Å². The molecule has 1 amide bonds. The number of fused-ring (bicyclic) bond motifs is 1. The van der Waals surface area contributed by atoms with Gasteiger partial charge in [0.1, 0.15) is 6.29 Å².